The first-order valence-corrected chi connectivity index (χ1v) is 8.86. The summed E-state index contributed by atoms with van der Waals surface area (Å²) < 4.78 is 25.3. The average molecular weight is 377 g/mol. The number of aromatic nitrogens is 2. The normalized spacial score (nSPS) is 15.0. The highest BCUT2D eigenvalue weighted by molar-refractivity contribution is 7.90. The molecule has 0 saturated heterocycles. The van der Waals surface area contributed by atoms with Gasteiger partial charge in [-0.15, -0.1) is 0 Å². The third kappa shape index (κ3) is 2.53. The number of aromatic amines is 1. The number of halogens is 1. The Kier molecular flexibility index (Phi) is 3.31. The Hall–Kier alpha value is -2.91. The van der Waals surface area contributed by atoms with E-state index in [4.69, 9.17) is 11.6 Å². The van der Waals surface area contributed by atoms with Gasteiger partial charge in [0.2, 0.25) is 0 Å². The van der Waals surface area contributed by atoms with Crippen LogP contribution in [-0.4, -0.2) is 30.4 Å². The van der Waals surface area contributed by atoms with Gasteiger partial charge in [-0.3, -0.25) is 14.7 Å². The van der Waals surface area contributed by atoms with Gasteiger partial charge in [-0.25, -0.2) is 13.1 Å². The molecule has 2 heterocycles. The number of hydrogen-bond acceptors (Lipinski definition) is 5. The van der Waals surface area contributed by atoms with Gasteiger partial charge in [0, 0.05) is 16.1 Å². The van der Waals surface area contributed by atoms with Crippen molar-refractivity contribution >= 4 is 50.0 Å². The zero-order chi connectivity index (χ0) is 17.8. The molecule has 2 amide bonds. The van der Waals surface area contributed by atoms with Crippen molar-refractivity contribution in [3.63, 3.8) is 0 Å². The second-order valence-corrected chi connectivity index (χ2v) is 7.47. The fourth-order valence-electron chi connectivity index (χ4n) is 2.65. The van der Waals surface area contributed by atoms with Crippen molar-refractivity contribution in [1.29, 1.82) is 0 Å². The SMILES string of the molecule is O=C1NS(=O)(=O)c2ccc(NC(=O)c3cc(Cl)cc4[nH]ncc34)cc21. The lowest BCUT2D eigenvalue weighted by atomic mass is 10.1. The Balaban J connectivity index is 1.71. The van der Waals surface area contributed by atoms with Gasteiger partial charge in [0.25, 0.3) is 21.8 Å². The first kappa shape index (κ1) is 15.6. The topological polar surface area (TPSA) is 121 Å². The summed E-state index contributed by atoms with van der Waals surface area (Å²) in [4.78, 5) is 24.2. The third-order valence-electron chi connectivity index (χ3n) is 3.77. The predicted octanol–water partition coefficient (Wildman–Crippen LogP) is 1.90. The van der Waals surface area contributed by atoms with Gasteiger partial charge < -0.3 is 5.32 Å². The summed E-state index contributed by atoms with van der Waals surface area (Å²) >= 11 is 6.01. The van der Waals surface area contributed by atoms with Crippen molar-refractivity contribution in [2.75, 3.05) is 5.32 Å². The third-order valence-corrected chi connectivity index (χ3v) is 5.37. The van der Waals surface area contributed by atoms with Crippen molar-refractivity contribution in [1.82, 2.24) is 14.9 Å². The van der Waals surface area contributed by atoms with Crippen molar-refractivity contribution in [2.24, 2.45) is 0 Å². The minimum atomic E-state index is -3.82. The molecule has 1 aromatic heterocycles. The van der Waals surface area contributed by atoms with Crippen molar-refractivity contribution in [3.05, 3.63) is 52.7 Å². The second kappa shape index (κ2) is 5.30. The van der Waals surface area contributed by atoms with E-state index in [2.05, 4.69) is 15.5 Å². The van der Waals surface area contributed by atoms with Gasteiger partial charge in [-0.1, -0.05) is 11.6 Å². The summed E-state index contributed by atoms with van der Waals surface area (Å²) in [5, 5.41) is 10.2. The van der Waals surface area contributed by atoms with Gasteiger partial charge in [0.15, 0.2) is 0 Å². The molecule has 10 heteroatoms. The molecule has 25 heavy (non-hydrogen) atoms. The van der Waals surface area contributed by atoms with Crippen LogP contribution in [0.5, 0.6) is 0 Å². The number of carbonyl (C=O) groups is 2. The van der Waals surface area contributed by atoms with Gasteiger partial charge in [-0.2, -0.15) is 5.10 Å². The van der Waals surface area contributed by atoms with Crippen molar-refractivity contribution < 1.29 is 18.0 Å². The fraction of sp³-hybridized carbons (Fsp3) is 0. The molecule has 1 aliphatic rings. The molecule has 0 radical (unpaired) electrons. The van der Waals surface area contributed by atoms with E-state index >= 15 is 0 Å². The zero-order valence-corrected chi connectivity index (χ0v) is 13.9. The van der Waals surface area contributed by atoms with E-state index in [0.29, 0.717) is 21.5 Å². The van der Waals surface area contributed by atoms with Crippen LogP contribution in [0.1, 0.15) is 20.7 Å². The number of carbonyl (C=O) groups excluding carboxylic acids is 2. The van der Waals surface area contributed by atoms with Gasteiger partial charge >= 0.3 is 0 Å². The molecular weight excluding hydrogens is 368 g/mol. The first-order chi connectivity index (χ1) is 11.8. The van der Waals surface area contributed by atoms with Crippen molar-refractivity contribution in [2.45, 2.75) is 4.90 Å². The lowest BCUT2D eigenvalue weighted by Gasteiger charge is -2.07. The molecule has 2 aromatic carbocycles. The van der Waals surface area contributed by atoms with E-state index in [1.807, 2.05) is 4.72 Å². The number of nitrogens with zero attached hydrogens (tertiary/aromatic N) is 1. The monoisotopic (exact) mass is 376 g/mol. The number of sulfonamides is 1. The van der Waals surface area contributed by atoms with Crippen LogP contribution in [0.25, 0.3) is 10.9 Å². The number of nitrogens with one attached hydrogen (secondary N) is 3. The summed E-state index contributed by atoms with van der Waals surface area (Å²) in [6.07, 6.45) is 1.50. The highest BCUT2D eigenvalue weighted by Gasteiger charge is 2.32. The van der Waals surface area contributed by atoms with Crippen LogP contribution < -0.4 is 10.0 Å². The van der Waals surface area contributed by atoms with Crippen molar-refractivity contribution in [3.8, 4) is 0 Å². The molecule has 0 atom stereocenters. The van der Waals surface area contributed by atoms with E-state index in [1.54, 1.807) is 6.07 Å². The Morgan fingerprint density at radius 3 is 2.80 bits per heavy atom. The Bertz CT molecular complexity index is 1170. The molecule has 126 valence electrons. The minimum Gasteiger partial charge on any atom is -0.322 e. The number of H-pyrrole nitrogens is 1. The maximum atomic E-state index is 12.6. The lowest BCUT2D eigenvalue weighted by Crippen LogP contribution is -2.20. The number of anilines is 1. The standard InChI is InChI=1S/C15H9ClN4O4S/c16-7-3-9(11-6-17-19-12(11)4-7)14(21)18-8-1-2-13-10(5-8)15(22)20-25(13,23)24/h1-6H,(H,17,19)(H,18,21)(H,20,22). The molecule has 8 nitrogen and oxygen atoms in total. The maximum Gasteiger partial charge on any atom is 0.266 e. The number of rotatable bonds is 2. The molecule has 3 aromatic rings. The van der Waals surface area contributed by atoms with Crippen LogP contribution in [0.3, 0.4) is 0 Å². The Morgan fingerprint density at radius 1 is 1.20 bits per heavy atom. The van der Waals surface area contributed by atoms with E-state index in [1.165, 1.54) is 30.5 Å². The predicted molar refractivity (Wildman–Crippen MR) is 90.2 cm³/mol. The largest absolute Gasteiger partial charge is 0.322 e. The molecule has 1 aliphatic heterocycles. The molecule has 0 fully saturated rings. The smallest absolute Gasteiger partial charge is 0.266 e. The lowest BCUT2D eigenvalue weighted by molar-refractivity contribution is 0.0982. The highest BCUT2D eigenvalue weighted by atomic mass is 35.5. The van der Waals surface area contributed by atoms with Crippen LogP contribution in [0.2, 0.25) is 5.02 Å². The van der Waals surface area contributed by atoms with Crippen LogP contribution in [0.4, 0.5) is 5.69 Å². The van der Waals surface area contributed by atoms with E-state index in [9.17, 15) is 18.0 Å². The fourth-order valence-corrected chi connectivity index (χ4v) is 4.02. The molecule has 0 bridgehead atoms. The summed E-state index contributed by atoms with van der Waals surface area (Å²) in [6.45, 7) is 0. The average Bonchev–Trinajstić information content (AvgIpc) is 3.09. The Labute approximate surface area is 146 Å². The van der Waals surface area contributed by atoms with Crippen LogP contribution >= 0.6 is 11.6 Å². The van der Waals surface area contributed by atoms with E-state index in [0.717, 1.165) is 0 Å². The van der Waals surface area contributed by atoms with Gasteiger partial charge in [-0.05, 0) is 30.3 Å². The molecule has 4 rings (SSSR count). The van der Waals surface area contributed by atoms with E-state index < -0.39 is 21.8 Å². The van der Waals surface area contributed by atoms with Gasteiger partial charge in [0.1, 0.15) is 4.90 Å². The number of hydrogen-bond donors (Lipinski definition) is 3. The maximum absolute atomic E-state index is 12.6. The zero-order valence-electron chi connectivity index (χ0n) is 12.3. The number of amides is 2. The van der Waals surface area contributed by atoms with Gasteiger partial charge in [0.05, 0.1) is 22.8 Å². The Morgan fingerprint density at radius 2 is 2.00 bits per heavy atom. The summed E-state index contributed by atoms with van der Waals surface area (Å²) in [5.41, 5.74) is 1.18. The number of benzene rings is 2. The van der Waals surface area contributed by atoms with E-state index in [-0.39, 0.29) is 16.1 Å². The summed E-state index contributed by atoms with van der Waals surface area (Å²) in [6, 6.07) is 7.13. The van der Waals surface area contributed by atoms with Crippen LogP contribution in [0, 0.1) is 0 Å². The molecular formula is C15H9ClN4O4S. The molecule has 0 unspecified atom stereocenters. The quantitative estimate of drug-likeness (QED) is 0.630. The van der Waals surface area contributed by atoms with Crippen LogP contribution in [-0.2, 0) is 10.0 Å². The highest BCUT2D eigenvalue weighted by Crippen LogP contribution is 2.27. The summed E-state index contributed by atoms with van der Waals surface area (Å²) in [7, 11) is -3.82. The van der Waals surface area contributed by atoms with Crippen LogP contribution in [0.15, 0.2) is 41.4 Å². The molecule has 3 N–H and O–H groups in total. The second-order valence-electron chi connectivity index (χ2n) is 5.38. The first-order valence-electron chi connectivity index (χ1n) is 7.00. The number of fused-ring (bicyclic) bond motifs is 2. The molecule has 0 spiro atoms. The molecule has 0 saturated carbocycles. The summed E-state index contributed by atoms with van der Waals surface area (Å²) in [5.74, 6) is -1.19. The molecule has 0 aliphatic carbocycles. The minimum absolute atomic E-state index is 0.0163.